The number of urea groups is 1. The van der Waals surface area contributed by atoms with Crippen LogP contribution in [0.3, 0.4) is 0 Å². The molecule has 1 aliphatic heterocycles. The number of nitrogens with one attached hydrogen (secondary N) is 1. The third-order valence-corrected chi connectivity index (χ3v) is 2.51. The standard InChI is InChI=1S/C10H9ClN2O2/c1-6-2-3-7(11)8(4-6)13-9(14)5-12-10(13)15/h2-4H,5H2,1H3,(H,12,15). The predicted octanol–water partition coefficient (Wildman–Crippen LogP) is 1.70. The SMILES string of the molecule is Cc1ccc(Cl)c(N2C(=O)CNC2=O)c1. The lowest BCUT2D eigenvalue weighted by atomic mass is 10.2. The van der Waals surface area contributed by atoms with Crippen molar-refractivity contribution in [3.63, 3.8) is 0 Å². The van der Waals surface area contributed by atoms with Gasteiger partial charge in [0.15, 0.2) is 0 Å². The van der Waals surface area contributed by atoms with Crippen LogP contribution in [0.25, 0.3) is 0 Å². The number of aryl methyl sites for hydroxylation is 1. The summed E-state index contributed by atoms with van der Waals surface area (Å²) in [7, 11) is 0. The minimum Gasteiger partial charge on any atom is -0.328 e. The minimum absolute atomic E-state index is 0.0309. The monoisotopic (exact) mass is 224 g/mol. The first-order valence-corrected chi connectivity index (χ1v) is 4.84. The Balaban J connectivity index is 2.48. The summed E-state index contributed by atoms with van der Waals surface area (Å²) in [5.41, 5.74) is 1.39. The average molecular weight is 225 g/mol. The summed E-state index contributed by atoms with van der Waals surface area (Å²) in [5, 5.41) is 2.84. The summed E-state index contributed by atoms with van der Waals surface area (Å²) in [6.45, 7) is 1.90. The molecule has 4 nitrogen and oxygen atoms in total. The van der Waals surface area contributed by atoms with Gasteiger partial charge in [-0.15, -0.1) is 0 Å². The van der Waals surface area contributed by atoms with Gasteiger partial charge in [-0.05, 0) is 24.6 Å². The lowest BCUT2D eigenvalue weighted by Gasteiger charge is -2.14. The van der Waals surface area contributed by atoms with Crippen molar-refractivity contribution in [1.29, 1.82) is 0 Å². The third kappa shape index (κ3) is 1.68. The molecular weight excluding hydrogens is 216 g/mol. The fourth-order valence-corrected chi connectivity index (χ4v) is 1.66. The van der Waals surface area contributed by atoms with Crippen molar-refractivity contribution < 1.29 is 9.59 Å². The van der Waals surface area contributed by atoms with E-state index in [1.54, 1.807) is 12.1 Å². The number of imide groups is 1. The normalized spacial score (nSPS) is 15.7. The number of carbonyl (C=O) groups is 2. The van der Waals surface area contributed by atoms with E-state index in [1.165, 1.54) is 0 Å². The molecule has 1 saturated heterocycles. The van der Waals surface area contributed by atoms with Crippen LogP contribution in [0.15, 0.2) is 18.2 Å². The minimum atomic E-state index is -0.424. The van der Waals surface area contributed by atoms with Crippen molar-refractivity contribution in [2.75, 3.05) is 11.4 Å². The Labute approximate surface area is 91.8 Å². The van der Waals surface area contributed by atoms with Crippen LogP contribution in [0.4, 0.5) is 10.5 Å². The van der Waals surface area contributed by atoms with Crippen LogP contribution in [-0.4, -0.2) is 18.5 Å². The number of amides is 3. The zero-order valence-electron chi connectivity index (χ0n) is 8.08. The first kappa shape index (κ1) is 9.98. The highest BCUT2D eigenvalue weighted by Gasteiger charge is 2.31. The molecule has 78 valence electrons. The fourth-order valence-electron chi connectivity index (χ4n) is 1.46. The van der Waals surface area contributed by atoms with E-state index < -0.39 is 6.03 Å². The highest BCUT2D eigenvalue weighted by molar-refractivity contribution is 6.35. The number of halogens is 1. The molecule has 0 atom stereocenters. The highest BCUT2D eigenvalue weighted by Crippen LogP contribution is 2.28. The maximum Gasteiger partial charge on any atom is 0.329 e. The molecule has 0 unspecified atom stereocenters. The van der Waals surface area contributed by atoms with Gasteiger partial charge in [0.1, 0.15) is 0 Å². The van der Waals surface area contributed by atoms with Crippen molar-refractivity contribution in [2.45, 2.75) is 6.92 Å². The number of anilines is 1. The second-order valence-electron chi connectivity index (χ2n) is 3.34. The molecule has 1 aliphatic rings. The van der Waals surface area contributed by atoms with Crippen molar-refractivity contribution >= 4 is 29.2 Å². The molecule has 2 rings (SSSR count). The maximum absolute atomic E-state index is 11.4. The van der Waals surface area contributed by atoms with E-state index in [-0.39, 0.29) is 12.5 Å². The van der Waals surface area contributed by atoms with Crippen LogP contribution in [0, 0.1) is 6.92 Å². The number of benzene rings is 1. The molecule has 0 aliphatic carbocycles. The second-order valence-corrected chi connectivity index (χ2v) is 3.75. The molecule has 1 N–H and O–H groups in total. The molecule has 5 heteroatoms. The Bertz CT molecular complexity index is 429. The second kappa shape index (κ2) is 3.55. The average Bonchev–Trinajstić information content (AvgIpc) is 2.51. The molecule has 0 radical (unpaired) electrons. The van der Waals surface area contributed by atoms with E-state index in [0.29, 0.717) is 10.7 Å². The van der Waals surface area contributed by atoms with E-state index in [1.807, 2.05) is 13.0 Å². The zero-order valence-corrected chi connectivity index (χ0v) is 8.84. The molecule has 0 spiro atoms. The van der Waals surface area contributed by atoms with Gasteiger partial charge in [-0.3, -0.25) is 4.79 Å². The first-order chi connectivity index (χ1) is 7.09. The van der Waals surface area contributed by atoms with Gasteiger partial charge < -0.3 is 5.32 Å². The van der Waals surface area contributed by atoms with Crippen molar-refractivity contribution in [1.82, 2.24) is 5.32 Å². The van der Waals surface area contributed by atoms with E-state index in [0.717, 1.165) is 10.5 Å². The molecular formula is C10H9ClN2O2. The third-order valence-electron chi connectivity index (χ3n) is 2.19. The molecule has 0 bridgehead atoms. The van der Waals surface area contributed by atoms with Crippen LogP contribution < -0.4 is 10.2 Å². The predicted molar refractivity (Wildman–Crippen MR) is 57.1 cm³/mol. The Hall–Kier alpha value is -1.55. The molecule has 1 heterocycles. The molecule has 0 aromatic heterocycles. The fraction of sp³-hybridized carbons (Fsp3) is 0.200. The maximum atomic E-state index is 11.4. The van der Waals surface area contributed by atoms with Gasteiger partial charge in [0, 0.05) is 0 Å². The summed E-state index contributed by atoms with van der Waals surface area (Å²) >= 11 is 5.93. The first-order valence-electron chi connectivity index (χ1n) is 4.46. The van der Waals surface area contributed by atoms with E-state index in [4.69, 9.17) is 11.6 Å². The van der Waals surface area contributed by atoms with E-state index in [2.05, 4.69) is 5.32 Å². The van der Waals surface area contributed by atoms with Crippen LogP contribution in [-0.2, 0) is 4.79 Å². The lowest BCUT2D eigenvalue weighted by Crippen LogP contribution is -2.30. The lowest BCUT2D eigenvalue weighted by molar-refractivity contribution is -0.115. The molecule has 15 heavy (non-hydrogen) atoms. The van der Waals surface area contributed by atoms with Crippen molar-refractivity contribution in [3.05, 3.63) is 28.8 Å². The Morgan fingerprint density at radius 2 is 2.13 bits per heavy atom. The molecule has 1 fully saturated rings. The van der Waals surface area contributed by atoms with Crippen molar-refractivity contribution in [2.24, 2.45) is 0 Å². The van der Waals surface area contributed by atoms with Crippen LogP contribution in [0.2, 0.25) is 5.02 Å². The van der Waals surface area contributed by atoms with Crippen LogP contribution >= 0.6 is 11.6 Å². The Morgan fingerprint density at radius 3 is 2.73 bits per heavy atom. The summed E-state index contributed by atoms with van der Waals surface area (Å²) in [6, 6.07) is 4.79. The molecule has 1 aromatic carbocycles. The number of nitrogens with zero attached hydrogens (tertiary/aromatic N) is 1. The summed E-state index contributed by atoms with van der Waals surface area (Å²) in [4.78, 5) is 23.9. The van der Waals surface area contributed by atoms with Gasteiger partial charge in [-0.1, -0.05) is 17.7 Å². The van der Waals surface area contributed by atoms with Gasteiger partial charge in [-0.2, -0.15) is 0 Å². The number of rotatable bonds is 1. The number of carbonyl (C=O) groups excluding carboxylic acids is 2. The van der Waals surface area contributed by atoms with Crippen molar-refractivity contribution in [3.8, 4) is 0 Å². The Kier molecular flexibility index (Phi) is 2.36. The van der Waals surface area contributed by atoms with Gasteiger partial charge in [0.2, 0.25) is 0 Å². The summed E-state index contributed by atoms with van der Waals surface area (Å²) in [6.07, 6.45) is 0. The Morgan fingerprint density at radius 1 is 1.40 bits per heavy atom. The number of hydrogen-bond donors (Lipinski definition) is 1. The molecule has 3 amide bonds. The van der Waals surface area contributed by atoms with E-state index >= 15 is 0 Å². The highest BCUT2D eigenvalue weighted by atomic mass is 35.5. The van der Waals surface area contributed by atoms with Gasteiger partial charge in [-0.25, -0.2) is 9.69 Å². The quantitative estimate of drug-likeness (QED) is 0.739. The summed E-state index contributed by atoms with van der Waals surface area (Å²) in [5.74, 6) is -0.285. The van der Waals surface area contributed by atoms with Gasteiger partial charge in [0.05, 0.1) is 17.3 Å². The van der Waals surface area contributed by atoms with Crippen LogP contribution in [0.1, 0.15) is 5.56 Å². The smallest absolute Gasteiger partial charge is 0.328 e. The van der Waals surface area contributed by atoms with Crippen LogP contribution in [0.5, 0.6) is 0 Å². The molecule has 1 aromatic rings. The number of hydrogen-bond acceptors (Lipinski definition) is 2. The zero-order chi connectivity index (χ0) is 11.0. The van der Waals surface area contributed by atoms with Gasteiger partial charge >= 0.3 is 6.03 Å². The summed E-state index contributed by atoms with van der Waals surface area (Å²) < 4.78 is 0. The molecule has 0 saturated carbocycles. The topological polar surface area (TPSA) is 49.4 Å². The van der Waals surface area contributed by atoms with Gasteiger partial charge in [0.25, 0.3) is 5.91 Å². The van der Waals surface area contributed by atoms with E-state index in [9.17, 15) is 9.59 Å². The largest absolute Gasteiger partial charge is 0.329 e.